The summed E-state index contributed by atoms with van der Waals surface area (Å²) in [6.07, 6.45) is 0.764. The second kappa shape index (κ2) is 7.21. The Balaban J connectivity index is 1.33. The maximum Gasteiger partial charge on any atom is 0.243 e. The fraction of sp³-hybridized carbons (Fsp3) is 0.450. The van der Waals surface area contributed by atoms with Crippen LogP contribution in [0.2, 0.25) is 0 Å². The number of aryl methyl sites for hydroxylation is 1. The Hall–Kier alpha value is -2.72. The molecule has 0 N–H and O–H groups in total. The highest BCUT2D eigenvalue weighted by Gasteiger charge is 2.44. The smallest absolute Gasteiger partial charge is 0.243 e. The van der Waals surface area contributed by atoms with E-state index in [1.165, 1.54) is 7.11 Å². The number of methoxy groups -OCH3 is 1. The number of ether oxygens (including phenoxy) is 1. The van der Waals surface area contributed by atoms with Gasteiger partial charge in [-0.2, -0.15) is 8.82 Å². The lowest BCUT2D eigenvalue weighted by atomic mass is 10.0. The molecule has 2 aliphatic rings. The van der Waals surface area contributed by atoms with E-state index in [9.17, 15) is 8.42 Å². The minimum Gasteiger partial charge on any atom is -0.497 e. The molecule has 2 saturated heterocycles. The van der Waals surface area contributed by atoms with Crippen molar-refractivity contribution in [2.75, 3.05) is 38.2 Å². The molecule has 10 heteroatoms. The molecule has 2 aromatic heterocycles. The molecule has 158 valence electrons. The van der Waals surface area contributed by atoms with Crippen LogP contribution in [-0.2, 0) is 16.4 Å². The van der Waals surface area contributed by atoms with Crippen LogP contribution in [0.1, 0.15) is 12.7 Å². The quantitative estimate of drug-likeness (QED) is 0.607. The Morgan fingerprint density at radius 3 is 2.53 bits per heavy atom. The summed E-state index contributed by atoms with van der Waals surface area (Å²) in [5.41, 5.74) is 0.741. The van der Waals surface area contributed by atoms with Gasteiger partial charge in [0, 0.05) is 38.7 Å². The lowest BCUT2D eigenvalue weighted by Crippen LogP contribution is -2.33. The third kappa shape index (κ3) is 3.10. The Kier molecular flexibility index (Phi) is 4.62. The molecule has 0 saturated carbocycles. The standard InChI is InChI=1S/C20H24N6O3S/c1-3-18-21-22-19-7-8-20(23-26(18)19)24-10-14-12-25(13-15(14)11-24)30(27,28)17-6-4-5-16(9-17)29-2/h4-9,14-15H,3,10-13H2,1-2H3. The molecule has 30 heavy (non-hydrogen) atoms. The largest absolute Gasteiger partial charge is 0.497 e. The molecule has 2 unspecified atom stereocenters. The number of rotatable bonds is 5. The predicted molar refractivity (Wildman–Crippen MR) is 111 cm³/mol. The van der Waals surface area contributed by atoms with E-state index >= 15 is 0 Å². The van der Waals surface area contributed by atoms with Gasteiger partial charge in [0.15, 0.2) is 11.5 Å². The van der Waals surface area contributed by atoms with Gasteiger partial charge in [0.2, 0.25) is 10.0 Å². The van der Waals surface area contributed by atoms with Gasteiger partial charge in [-0.25, -0.2) is 8.42 Å². The molecule has 0 amide bonds. The maximum absolute atomic E-state index is 13.1. The summed E-state index contributed by atoms with van der Waals surface area (Å²) >= 11 is 0. The van der Waals surface area contributed by atoms with Crippen molar-refractivity contribution in [3.05, 3.63) is 42.2 Å². The zero-order valence-corrected chi connectivity index (χ0v) is 17.8. The van der Waals surface area contributed by atoms with Crippen LogP contribution in [0.4, 0.5) is 5.82 Å². The van der Waals surface area contributed by atoms with Crippen molar-refractivity contribution in [2.45, 2.75) is 18.2 Å². The summed E-state index contributed by atoms with van der Waals surface area (Å²) < 4.78 is 34.8. The van der Waals surface area contributed by atoms with Gasteiger partial charge in [-0.05, 0) is 36.1 Å². The van der Waals surface area contributed by atoms with Crippen molar-refractivity contribution in [3.63, 3.8) is 0 Å². The first-order valence-corrected chi connectivity index (χ1v) is 11.5. The van der Waals surface area contributed by atoms with Gasteiger partial charge < -0.3 is 9.64 Å². The highest BCUT2D eigenvalue weighted by atomic mass is 32.2. The number of anilines is 1. The van der Waals surface area contributed by atoms with Crippen molar-refractivity contribution in [1.29, 1.82) is 0 Å². The van der Waals surface area contributed by atoms with Crippen LogP contribution < -0.4 is 9.64 Å². The number of benzene rings is 1. The van der Waals surface area contributed by atoms with Gasteiger partial charge >= 0.3 is 0 Å². The fourth-order valence-electron chi connectivity index (χ4n) is 4.46. The van der Waals surface area contributed by atoms with E-state index in [-0.39, 0.29) is 16.7 Å². The van der Waals surface area contributed by atoms with E-state index in [1.807, 2.05) is 19.1 Å². The summed E-state index contributed by atoms with van der Waals surface area (Å²) in [5, 5.41) is 13.0. The Morgan fingerprint density at radius 2 is 1.83 bits per heavy atom. The minimum atomic E-state index is -3.53. The van der Waals surface area contributed by atoms with Gasteiger partial charge in [0.05, 0.1) is 12.0 Å². The minimum absolute atomic E-state index is 0.283. The lowest BCUT2D eigenvalue weighted by molar-refractivity contribution is 0.412. The van der Waals surface area contributed by atoms with Gasteiger partial charge in [-0.3, -0.25) is 0 Å². The van der Waals surface area contributed by atoms with Crippen molar-refractivity contribution < 1.29 is 13.2 Å². The molecule has 2 atom stereocenters. The van der Waals surface area contributed by atoms with Crippen molar-refractivity contribution in [3.8, 4) is 5.75 Å². The van der Waals surface area contributed by atoms with Crippen molar-refractivity contribution >= 4 is 21.5 Å². The normalized spacial score (nSPS) is 22.0. The van der Waals surface area contributed by atoms with Crippen LogP contribution in [0.5, 0.6) is 5.75 Å². The molecule has 9 nitrogen and oxygen atoms in total. The predicted octanol–water partition coefficient (Wildman–Crippen LogP) is 1.45. The van der Waals surface area contributed by atoms with E-state index in [1.54, 1.807) is 33.1 Å². The summed E-state index contributed by atoms with van der Waals surface area (Å²) in [6, 6.07) is 10.6. The number of fused-ring (bicyclic) bond motifs is 2. The van der Waals surface area contributed by atoms with Crippen molar-refractivity contribution in [2.24, 2.45) is 11.8 Å². The highest BCUT2D eigenvalue weighted by molar-refractivity contribution is 7.89. The van der Waals surface area contributed by atoms with E-state index in [2.05, 4.69) is 15.1 Å². The summed E-state index contributed by atoms with van der Waals surface area (Å²) in [5.74, 6) is 2.84. The summed E-state index contributed by atoms with van der Waals surface area (Å²) in [7, 11) is -1.99. The van der Waals surface area contributed by atoms with Crippen LogP contribution in [0, 0.1) is 11.8 Å². The number of nitrogens with zero attached hydrogens (tertiary/aromatic N) is 6. The first kappa shape index (κ1) is 19.3. The second-order valence-corrected chi connectivity index (χ2v) is 9.80. The maximum atomic E-state index is 13.1. The molecule has 5 rings (SSSR count). The van der Waals surface area contributed by atoms with Crippen LogP contribution in [0.3, 0.4) is 0 Å². The van der Waals surface area contributed by atoms with Gasteiger partial charge in [-0.15, -0.1) is 15.3 Å². The number of hydrogen-bond donors (Lipinski definition) is 0. The van der Waals surface area contributed by atoms with E-state index in [0.717, 1.165) is 36.8 Å². The summed E-state index contributed by atoms with van der Waals surface area (Å²) in [4.78, 5) is 2.52. The van der Waals surface area contributed by atoms with Crippen LogP contribution in [0.15, 0.2) is 41.3 Å². The SMILES string of the molecule is CCc1nnc2ccc(N3CC4CN(S(=O)(=O)c5cccc(OC)c5)CC4C3)nn12. The zero-order chi connectivity index (χ0) is 20.9. The topological polar surface area (TPSA) is 92.9 Å². The molecule has 2 fully saturated rings. The van der Waals surface area contributed by atoms with Crippen LogP contribution in [0.25, 0.3) is 5.65 Å². The first-order chi connectivity index (χ1) is 14.5. The van der Waals surface area contributed by atoms with E-state index in [4.69, 9.17) is 9.84 Å². The van der Waals surface area contributed by atoms with Crippen molar-refractivity contribution in [1.82, 2.24) is 24.1 Å². The molecule has 0 spiro atoms. The second-order valence-electron chi connectivity index (χ2n) is 7.86. The fourth-order valence-corrected chi connectivity index (χ4v) is 6.05. The monoisotopic (exact) mass is 428 g/mol. The average Bonchev–Trinajstić information content (AvgIpc) is 3.46. The van der Waals surface area contributed by atoms with E-state index in [0.29, 0.717) is 18.8 Å². The lowest BCUT2D eigenvalue weighted by Gasteiger charge is -2.22. The molecule has 0 radical (unpaired) electrons. The molecular weight excluding hydrogens is 404 g/mol. The zero-order valence-electron chi connectivity index (χ0n) is 17.0. The van der Waals surface area contributed by atoms with Gasteiger partial charge in [-0.1, -0.05) is 13.0 Å². The molecule has 2 aliphatic heterocycles. The average molecular weight is 429 g/mol. The number of aromatic nitrogens is 4. The Morgan fingerprint density at radius 1 is 1.07 bits per heavy atom. The summed E-state index contributed by atoms with van der Waals surface area (Å²) in [6.45, 7) is 4.65. The van der Waals surface area contributed by atoms with Crippen LogP contribution >= 0.6 is 0 Å². The first-order valence-electron chi connectivity index (χ1n) is 10.1. The molecule has 4 heterocycles. The van der Waals surface area contributed by atoms with E-state index < -0.39 is 10.0 Å². The van der Waals surface area contributed by atoms with Gasteiger partial charge in [0.25, 0.3) is 0 Å². The molecule has 1 aromatic carbocycles. The Bertz CT molecular complexity index is 1180. The molecule has 0 bridgehead atoms. The highest BCUT2D eigenvalue weighted by Crippen LogP contribution is 2.36. The third-order valence-corrected chi connectivity index (χ3v) is 7.91. The Labute approximate surface area is 175 Å². The van der Waals surface area contributed by atoms with Crippen LogP contribution in [-0.4, -0.2) is 65.8 Å². The number of sulfonamides is 1. The molecule has 0 aliphatic carbocycles. The third-order valence-electron chi connectivity index (χ3n) is 6.09. The van der Waals surface area contributed by atoms with Gasteiger partial charge in [0.1, 0.15) is 11.6 Å². The molecule has 3 aromatic rings. The molecular formula is C20H24N6O3S. The number of hydrogen-bond acceptors (Lipinski definition) is 7.